The average Bonchev–Trinajstić information content (AvgIpc) is 2.25. The topological polar surface area (TPSA) is 52.6 Å². The molecule has 0 rings (SSSR count). The number of hydrogen-bond donors (Lipinski definition) is 0. The molecule has 4 heteroatoms. The molecule has 0 radical (unpaired) electrons. The van der Waals surface area contributed by atoms with E-state index >= 15 is 0 Å². The molecule has 0 saturated carbocycles. The van der Waals surface area contributed by atoms with Gasteiger partial charge >= 0.3 is 11.9 Å². The van der Waals surface area contributed by atoms with Crippen LogP contribution >= 0.6 is 0 Å². The predicted molar refractivity (Wildman–Crippen MR) is 62.8 cm³/mol. The minimum atomic E-state index is -0.347. The first-order valence-electron chi connectivity index (χ1n) is 4.88. The summed E-state index contributed by atoms with van der Waals surface area (Å²) in [6, 6.07) is 0. The molecule has 0 aromatic heterocycles. The molecular weight excluding hydrogens is 208 g/mol. The zero-order valence-electron chi connectivity index (χ0n) is 10.4. The molecule has 0 saturated heterocycles. The fourth-order valence-electron chi connectivity index (χ4n) is 0.482. The van der Waals surface area contributed by atoms with Crippen LogP contribution in [0, 0.1) is 5.92 Å². The van der Waals surface area contributed by atoms with Crippen molar-refractivity contribution < 1.29 is 19.1 Å². The molecule has 0 aromatic carbocycles. The van der Waals surface area contributed by atoms with E-state index in [1.165, 1.54) is 13.2 Å². The summed E-state index contributed by atoms with van der Waals surface area (Å²) in [6.07, 6.45) is 1.17. The van der Waals surface area contributed by atoms with Crippen LogP contribution in [-0.2, 0) is 19.1 Å². The molecular formula is C12H20O4. The van der Waals surface area contributed by atoms with E-state index in [2.05, 4.69) is 17.9 Å². The van der Waals surface area contributed by atoms with Gasteiger partial charge < -0.3 is 9.47 Å². The van der Waals surface area contributed by atoms with E-state index in [4.69, 9.17) is 4.74 Å². The molecule has 0 fully saturated rings. The molecule has 0 unspecified atom stereocenters. The largest absolute Gasteiger partial charge is 0.466 e. The molecule has 16 heavy (non-hydrogen) atoms. The van der Waals surface area contributed by atoms with Crippen LogP contribution in [0.1, 0.15) is 20.8 Å². The number of hydrogen-bond acceptors (Lipinski definition) is 4. The number of ether oxygens (including phenoxy) is 2. The second-order valence-electron chi connectivity index (χ2n) is 3.50. The van der Waals surface area contributed by atoms with E-state index in [9.17, 15) is 9.59 Å². The molecule has 4 nitrogen and oxygen atoms in total. The highest BCUT2D eigenvalue weighted by Crippen LogP contribution is 1.92. The van der Waals surface area contributed by atoms with Gasteiger partial charge in [-0.15, -0.1) is 0 Å². The Morgan fingerprint density at radius 3 is 2.06 bits per heavy atom. The Morgan fingerprint density at radius 2 is 1.88 bits per heavy atom. The summed E-state index contributed by atoms with van der Waals surface area (Å²) in [7, 11) is 1.33. The van der Waals surface area contributed by atoms with Gasteiger partial charge in [0.15, 0.2) is 0 Å². The van der Waals surface area contributed by atoms with E-state index in [0.717, 1.165) is 0 Å². The van der Waals surface area contributed by atoms with Gasteiger partial charge in [0.05, 0.1) is 13.7 Å². The minimum Gasteiger partial charge on any atom is -0.466 e. The molecule has 0 heterocycles. The van der Waals surface area contributed by atoms with Gasteiger partial charge in [-0.2, -0.15) is 0 Å². The van der Waals surface area contributed by atoms with E-state index in [1.807, 2.05) is 13.8 Å². The maximum Gasteiger partial charge on any atom is 0.332 e. The lowest BCUT2D eigenvalue weighted by atomic mass is 10.2. The third kappa shape index (κ3) is 12.4. The van der Waals surface area contributed by atoms with Crippen LogP contribution in [-0.4, -0.2) is 25.7 Å². The summed E-state index contributed by atoms with van der Waals surface area (Å²) < 4.78 is 8.97. The molecule has 0 aromatic rings. The van der Waals surface area contributed by atoms with E-state index < -0.39 is 0 Å². The van der Waals surface area contributed by atoms with E-state index in [1.54, 1.807) is 6.92 Å². The second-order valence-corrected chi connectivity index (χ2v) is 3.50. The zero-order chi connectivity index (χ0) is 13.1. The number of carbonyl (C=O) groups excluding carboxylic acids is 2. The first-order chi connectivity index (χ1) is 7.34. The number of rotatable bonds is 4. The smallest absolute Gasteiger partial charge is 0.332 e. The van der Waals surface area contributed by atoms with Gasteiger partial charge in [0.25, 0.3) is 0 Å². The van der Waals surface area contributed by atoms with Crippen LogP contribution in [0.2, 0.25) is 0 Å². The summed E-state index contributed by atoms with van der Waals surface area (Å²) in [5, 5.41) is 0. The number of esters is 2. The van der Waals surface area contributed by atoms with Crippen LogP contribution < -0.4 is 0 Å². The van der Waals surface area contributed by atoms with Crippen molar-refractivity contribution in [1.29, 1.82) is 0 Å². The molecule has 0 bridgehead atoms. The maximum absolute atomic E-state index is 10.4. The molecule has 0 aliphatic heterocycles. The Kier molecular flexibility index (Phi) is 10.5. The number of methoxy groups -OCH3 is 1. The van der Waals surface area contributed by atoms with Crippen LogP contribution in [0.15, 0.2) is 24.8 Å². The van der Waals surface area contributed by atoms with Gasteiger partial charge in [-0.05, 0) is 12.8 Å². The first-order valence-corrected chi connectivity index (χ1v) is 4.88. The van der Waals surface area contributed by atoms with Gasteiger partial charge in [0.1, 0.15) is 0 Å². The van der Waals surface area contributed by atoms with Crippen LogP contribution in [0.25, 0.3) is 0 Å². The molecule has 0 N–H and O–H groups in total. The van der Waals surface area contributed by atoms with Crippen molar-refractivity contribution in [3.05, 3.63) is 24.8 Å². The molecule has 0 aliphatic carbocycles. The van der Waals surface area contributed by atoms with Crippen molar-refractivity contribution in [3.63, 3.8) is 0 Å². The van der Waals surface area contributed by atoms with E-state index in [0.29, 0.717) is 18.1 Å². The van der Waals surface area contributed by atoms with Crippen LogP contribution in [0.4, 0.5) is 0 Å². The minimum absolute atomic E-state index is 0.344. The quantitative estimate of drug-likeness (QED) is 0.546. The lowest BCUT2D eigenvalue weighted by Gasteiger charge is -2.02. The monoisotopic (exact) mass is 228 g/mol. The Balaban J connectivity index is 0. The lowest BCUT2D eigenvalue weighted by molar-refractivity contribution is -0.139. The highest BCUT2D eigenvalue weighted by molar-refractivity contribution is 5.86. The second kappa shape index (κ2) is 9.96. The van der Waals surface area contributed by atoms with Gasteiger partial charge in [-0.25, -0.2) is 9.59 Å². The third-order valence-corrected chi connectivity index (χ3v) is 1.26. The summed E-state index contributed by atoms with van der Waals surface area (Å²) in [4.78, 5) is 20.6. The fraction of sp³-hybridized carbons (Fsp3) is 0.500. The van der Waals surface area contributed by atoms with Crippen molar-refractivity contribution in [2.45, 2.75) is 20.8 Å². The molecule has 92 valence electrons. The normalized spacial score (nSPS) is 8.56. The summed E-state index contributed by atoms with van der Waals surface area (Å²) in [6.45, 7) is 12.7. The Bertz CT molecular complexity index is 254. The zero-order valence-corrected chi connectivity index (χ0v) is 10.4. The van der Waals surface area contributed by atoms with Crippen molar-refractivity contribution in [2.24, 2.45) is 5.92 Å². The van der Waals surface area contributed by atoms with Crippen LogP contribution in [0.3, 0.4) is 0 Å². The van der Waals surface area contributed by atoms with E-state index in [-0.39, 0.29) is 11.9 Å². The van der Waals surface area contributed by atoms with Gasteiger partial charge in [-0.1, -0.05) is 27.0 Å². The third-order valence-electron chi connectivity index (χ3n) is 1.26. The summed E-state index contributed by atoms with van der Waals surface area (Å²) in [5.41, 5.74) is 0.433. The molecule has 0 atom stereocenters. The predicted octanol–water partition coefficient (Wildman–Crippen LogP) is 2.11. The van der Waals surface area contributed by atoms with Gasteiger partial charge in [0.2, 0.25) is 0 Å². The molecule has 0 amide bonds. The lowest BCUT2D eigenvalue weighted by Crippen LogP contribution is -2.06. The van der Waals surface area contributed by atoms with Gasteiger partial charge in [-0.3, -0.25) is 0 Å². The highest BCUT2D eigenvalue weighted by Gasteiger charge is 1.96. The van der Waals surface area contributed by atoms with Crippen molar-refractivity contribution in [1.82, 2.24) is 0 Å². The molecule has 0 spiro atoms. The van der Waals surface area contributed by atoms with Crippen molar-refractivity contribution in [3.8, 4) is 0 Å². The first kappa shape index (κ1) is 16.8. The summed E-state index contributed by atoms with van der Waals surface area (Å²) in [5.74, 6) is -0.294. The van der Waals surface area contributed by atoms with Crippen molar-refractivity contribution >= 4 is 11.9 Å². The average molecular weight is 228 g/mol. The summed E-state index contributed by atoms with van der Waals surface area (Å²) >= 11 is 0. The number of carbonyl (C=O) groups is 2. The Labute approximate surface area is 96.9 Å². The SMILES string of the molecule is C=C(C)C(=O)OC.C=CC(=O)OCC(C)C. The Hall–Kier alpha value is -1.58. The molecule has 0 aliphatic rings. The van der Waals surface area contributed by atoms with Crippen LogP contribution in [0.5, 0.6) is 0 Å². The fourth-order valence-corrected chi connectivity index (χ4v) is 0.482. The Morgan fingerprint density at radius 1 is 1.38 bits per heavy atom. The maximum atomic E-state index is 10.4. The van der Waals surface area contributed by atoms with Crippen molar-refractivity contribution in [2.75, 3.05) is 13.7 Å². The standard InChI is InChI=1S/C7H12O2.C5H8O2/c1-4-7(8)9-5-6(2)3;1-4(2)5(6)7-3/h4,6H,1,5H2,2-3H3;1H2,2-3H3. The van der Waals surface area contributed by atoms with Gasteiger partial charge in [0, 0.05) is 11.6 Å². The highest BCUT2D eigenvalue weighted by atomic mass is 16.5.